The molecule has 6 heteroatoms. The fourth-order valence-corrected chi connectivity index (χ4v) is 3.97. The largest absolute Gasteiger partial charge is 0.497 e. The Morgan fingerprint density at radius 2 is 1.79 bits per heavy atom. The Bertz CT molecular complexity index is 1070. The third-order valence-corrected chi connectivity index (χ3v) is 5.89. The normalized spacial score (nSPS) is 15.5. The molecule has 0 unspecified atom stereocenters. The van der Waals surface area contributed by atoms with Crippen LogP contribution in [0, 0.1) is 0 Å². The van der Waals surface area contributed by atoms with Gasteiger partial charge in [0.1, 0.15) is 41.8 Å². The Balaban J connectivity index is 1.50. The van der Waals surface area contributed by atoms with Crippen molar-refractivity contribution in [1.29, 1.82) is 0 Å². The van der Waals surface area contributed by atoms with E-state index in [1.165, 1.54) is 0 Å². The number of benzene rings is 3. The van der Waals surface area contributed by atoms with Crippen LogP contribution in [-0.2, 0) is 18.7 Å². The molecular formula is C27H31NO5. The van der Waals surface area contributed by atoms with Crippen LogP contribution in [0.3, 0.4) is 0 Å². The summed E-state index contributed by atoms with van der Waals surface area (Å²) in [6, 6.07) is 21.3. The third-order valence-electron chi connectivity index (χ3n) is 5.89. The first kappa shape index (κ1) is 23.0. The Hall–Kier alpha value is -3.22. The van der Waals surface area contributed by atoms with Gasteiger partial charge < -0.3 is 24.1 Å². The fraction of sp³-hybridized carbons (Fsp3) is 0.333. The first-order chi connectivity index (χ1) is 16.0. The minimum absolute atomic E-state index is 0.156. The first-order valence-corrected chi connectivity index (χ1v) is 11.1. The first-order valence-electron chi connectivity index (χ1n) is 11.1. The molecule has 0 aliphatic carbocycles. The lowest BCUT2D eigenvalue weighted by atomic mass is 9.94. The van der Waals surface area contributed by atoms with Crippen molar-refractivity contribution in [2.24, 2.45) is 0 Å². The molecule has 1 aliphatic rings. The Kier molecular flexibility index (Phi) is 7.06. The van der Waals surface area contributed by atoms with Gasteiger partial charge in [-0.05, 0) is 42.8 Å². The minimum atomic E-state index is -1.14. The molecule has 1 aliphatic heterocycles. The molecule has 3 aromatic carbocycles. The molecule has 6 nitrogen and oxygen atoms in total. The van der Waals surface area contributed by atoms with Gasteiger partial charge >= 0.3 is 0 Å². The van der Waals surface area contributed by atoms with Crippen LogP contribution in [-0.4, -0.2) is 44.0 Å². The Morgan fingerprint density at radius 1 is 0.970 bits per heavy atom. The lowest BCUT2D eigenvalue weighted by Crippen LogP contribution is -2.30. The molecule has 0 saturated carbocycles. The zero-order valence-corrected chi connectivity index (χ0v) is 19.4. The number of methoxy groups -OCH3 is 2. The number of para-hydroxylation sites is 1. The molecule has 33 heavy (non-hydrogen) atoms. The van der Waals surface area contributed by atoms with Gasteiger partial charge in [0.05, 0.1) is 14.2 Å². The summed E-state index contributed by atoms with van der Waals surface area (Å²) in [5, 5.41) is 11.1. The number of ether oxygens (including phenoxy) is 4. The smallest absolute Gasteiger partial charge is 0.127 e. The SMILES string of the molecule is COc1ccc(CN2CCOc3ccc([C@](C)(O)COc4ccccc4)cc3C2)c(OC)c1. The van der Waals surface area contributed by atoms with Gasteiger partial charge in [-0.1, -0.05) is 30.3 Å². The Labute approximate surface area is 195 Å². The number of hydrogen-bond donors (Lipinski definition) is 1. The number of fused-ring (bicyclic) bond motifs is 1. The van der Waals surface area contributed by atoms with E-state index in [1.807, 2.05) is 66.7 Å². The van der Waals surface area contributed by atoms with E-state index in [9.17, 15) is 5.11 Å². The molecule has 1 N–H and O–H groups in total. The van der Waals surface area contributed by atoms with Crippen LogP contribution < -0.4 is 18.9 Å². The topological polar surface area (TPSA) is 60.4 Å². The summed E-state index contributed by atoms with van der Waals surface area (Å²) in [7, 11) is 3.32. The molecule has 0 fully saturated rings. The van der Waals surface area contributed by atoms with E-state index in [2.05, 4.69) is 4.90 Å². The van der Waals surface area contributed by atoms with Crippen molar-refractivity contribution < 1.29 is 24.1 Å². The molecule has 3 aromatic rings. The van der Waals surface area contributed by atoms with Crippen LogP contribution in [0.15, 0.2) is 66.7 Å². The number of hydrogen-bond acceptors (Lipinski definition) is 6. The molecule has 1 heterocycles. The second-order valence-electron chi connectivity index (χ2n) is 8.43. The zero-order valence-electron chi connectivity index (χ0n) is 19.4. The zero-order chi connectivity index (χ0) is 23.3. The van der Waals surface area contributed by atoms with Gasteiger partial charge in [0.25, 0.3) is 0 Å². The number of rotatable bonds is 8. The number of nitrogens with zero attached hydrogens (tertiary/aromatic N) is 1. The van der Waals surface area contributed by atoms with Crippen molar-refractivity contribution in [1.82, 2.24) is 4.90 Å². The molecular weight excluding hydrogens is 418 g/mol. The summed E-state index contributed by atoms with van der Waals surface area (Å²) in [6.07, 6.45) is 0. The standard InChI is InChI=1S/C27H31NO5/c1-27(29,19-33-23-7-5-4-6-8-23)22-10-12-25-21(15-22)18-28(13-14-32-25)17-20-9-11-24(30-2)16-26(20)31-3/h4-12,15-16,29H,13-14,17-19H2,1-3H3/t27-/m1/s1. The van der Waals surface area contributed by atoms with Crippen molar-refractivity contribution in [2.75, 3.05) is 34.0 Å². The van der Waals surface area contributed by atoms with Crippen molar-refractivity contribution in [3.05, 3.63) is 83.4 Å². The highest BCUT2D eigenvalue weighted by atomic mass is 16.5. The average molecular weight is 450 g/mol. The van der Waals surface area contributed by atoms with Crippen LogP contribution in [0.4, 0.5) is 0 Å². The molecule has 0 saturated heterocycles. The van der Waals surface area contributed by atoms with E-state index in [-0.39, 0.29) is 6.61 Å². The summed E-state index contributed by atoms with van der Waals surface area (Å²) in [4.78, 5) is 2.31. The van der Waals surface area contributed by atoms with E-state index in [4.69, 9.17) is 18.9 Å². The maximum Gasteiger partial charge on any atom is 0.127 e. The minimum Gasteiger partial charge on any atom is -0.497 e. The van der Waals surface area contributed by atoms with Crippen LogP contribution in [0.2, 0.25) is 0 Å². The molecule has 0 radical (unpaired) electrons. The highest BCUT2D eigenvalue weighted by Gasteiger charge is 2.27. The van der Waals surface area contributed by atoms with E-state index in [1.54, 1.807) is 21.1 Å². The summed E-state index contributed by atoms with van der Waals surface area (Å²) in [5.74, 6) is 3.15. The molecule has 0 spiro atoms. The van der Waals surface area contributed by atoms with E-state index < -0.39 is 5.60 Å². The van der Waals surface area contributed by atoms with Gasteiger partial charge in [-0.2, -0.15) is 0 Å². The van der Waals surface area contributed by atoms with Gasteiger partial charge in [0.2, 0.25) is 0 Å². The maximum absolute atomic E-state index is 11.1. The lowest BCUT2D eigenvalue weighted by Gasteiger charge is -2.26. The maximum atomic E-state index is 11.1. The second kappa shape index (κ2) is 10.1. The predicted octanol–water partition coefficient (Wildman–Crippen LogP) is 4.38. The monoisotopic (exact) mass is 449 g/mol. The highest BCUT2D eigenvalue weighted by Crippen LogP contribution is 2.32. The number of aliphatic hydroxyl groups is 1. The fourth-order valence-electron chi connectivity index (χ4n) is 3.97. The predicted molar refractivity (Wildman–Crippen MR) is 127 cm³/mol. The quantitative estimate of drug-likeness (QED) is 0.551. The average Bonchev–Trinajstić information content (AvgIpc) is 3.05. The molecule has 4 rings (SSSR count). The highest BCUT2D eigenvalue weighted by molar-refractivity contribution is 5.42. The van der Waals surface area contributed by atoms with Gasteiger partial charge in [0.15, 0.2) is 0 Å². The molecule has 0 aromatic heterocycles. The van der Waals surface area contributed by atoms with Gasteiger partial charge in [-0.15, -0.1) is 0 Å². The summed E-state index contributed by atoms with van der Waals surface area (Å²) in [5.41, 5.74) is 1.78. The van der Waals surface area contributed by atoms with Gasteiger partial charge in [-0.25, -0.2) is 0 Å². The molecule has 0 bridgehead atoms. The summed E-state index contributed by atoms with van der Waals surface area (Å²) < 4.78 is 22.7. The van der Waals surface area contributed by atoms with Gasteiger partial charge in [-0.3, -0.25) is 4.90 Å². The van der Waals surface area contributed by atoms with Crippen LogP contribution in [0.1, 0.15) is 23.6 Å². The molecule has 174 valence electrons. The van der Waals surface area contributed by atoms with Gasteiger partial charge in [0, 0.05) is 36.8 Å². The van der Waals surface area contributed by atoms with Crippen LogP contribution >= 0.6 is 0 Å². The third kappa shape index (κ3) is 5.59. The lowest BCUT2D eigenvalue weighted by molar-refractivity contribution is 0.00748. The van der Waals surface area contributed by atoms with Crippen LogP contribution in [0.25, 0.3) is 0 Å². The van der Waals surface area contributed by atoms with Crippen molar-refractivity contribution >= 4 is 0 Å². The van der Waals surface area contributed by atoms with Crippen molar-refractivity contribution in [2.45, 2.75) is 25.6 Å². The Morgan fingerprint density at radius 3 is 2.55 bits per heavy atom. The molecule has 0 amide bonds. The van der Waals surface area contributed by atoms with E-state index in [0.29, 0.717) is 19.7 Å². The summed E-state index contributed by atoms with van der Waals surface area (Å²) >= 11 is 0. The van der Waals surface area contributed by atoms with E-state index >= 15 is 0 Å². The van der Waals surface area contributed by atoms with Crippen molar-refractivity contribution in [3.63, 3.8) is 0 Å². The molecule has 1 atom stereocenters. The van der Waals surface area contributed by atoms with Crippen molar-refractivity contribution in [3.8, 4) is 23.0 Å². The van der Waals surface area contributed by atoms with Crippen LogP contribution in [0.5, 0.6) is 23.0 Å². The van der Waals surface area contributed by atoms with E-state index in [0.717, 1.165) is 46.2 Å². The summed E-state index contributed by atoms with van der Waals surface area (Å²) in [6.45, 7) is 4.73. The second-order valence-corrected chi connectivity index (χ2v) is 8.43.